The molecular weight excluding hydrogens is 582 g/mol. The summed E-state index contributed by atoms with van der Waals surface area (Å²) in [7, 11) is -0.169. The highest BCUT2D eigenvalue weighted by molar-refractivity contribution is 6.45. The van der Waals surface area contributed by atoms with Crippen molar-refractivity contribution in [1.29, 1.82) is 0 Å². The molecule has 0 aromatic heterocycles. The predicted molar refractivity (Wildman–Crippen MR) is 169 cm³/mol. The Bertz CT molecular complexity index is 1090. The van der Waals surface area contributed by atoms with Crippen molar-refractivity contribution in [1.82, 2.24) is 10.2 Å². The minimum absolute atomic E-state index is 0.0270. The summed E-state index contributed by atoms with van der Waals surface area (Å²) in [5, 5.41) is 29.0. The average molecular weight is 632 g/mol. The topological polar surface area (TPSA) is 164 Å². The van der Waals surface area contributed by atoms with Crippen molar-refractivity contribution < 1.29 is 48.3 Å². The van der Waals surface area contributed by atoms with Gasteiger partial charge in [0.1, 0.15) is 18.7 Å². The van der Waals surface area contributed by atoms with E-state index < -0.39 is 37.2 Å². The number of nitrogens with one attached hydrogen (secondary N) is 1. The number of hydrogen-bond donors (Lipinski definition) is 4. The monoisotopic (exact) mass is 632 g/mol. The number of likely N-dealkylation sites (tertiary alicyclic amines) is 1. The van der Waals surface area contributed by atoms with Crippen LogP contribution in [0.5, 0.6) is 0 Å². The molecule has 0 unspecified atom stereocenters. The number of nitrogens with zero attached hydrogens (tertiary/aromatic N) is 1. The Hall–Kier alpha value is -2.64. The van der Waals surface area contributed by atoms with Crippen LogP contribution >= 0.6 is 0 Å². The number of carboxylic acid groups (broad SMARTS) is 1. The Morgan fingerprint density at radius 1 is 1.02 bits per heavy atom. The molecule has 3 aliphatic heterocycles. The fourth-order valence-corrected chi connectivity index (χ4v) is 6.16. The highest BCUT2D eigenvalue weighted by Gasteiger charge is 2.51. The molecule has 1 amide bonds. The van der Waals surface area contributed by atoms with E-state index in [0.29, 0.717) is 19.3 Å². The van der Waals surface area contributed by atoms with E-state index in [1.165, 1.54) is 12.0 Å². The van der Waals surface area contributed by atoms with Crippen LogP contribution < -0.4 is 5.32 Å². The summed E-state index contributed by atoms with van der Waals surface area (Å²) in [5.74, 6) is -1.04. The van der Waals surface area contributed by atoms with Crippen LogP contribution in [-0.2, 0) is 35.0 Å². The van der Waals surface area contributed by atoms with Gasteiger partial charge in [0, 0.05) is 6.54 Å². The third-order valence-corrected chi connectivity index (χ3v) is 9.38. The van der Waals surface area contributed by atoms with E-state index in [2.05, 4.69) is 5.32 Å². The lowest BCUT2D eigenvalue weighted by Gasteiger charge is -2.32. The van der Waals surface area contributed by atoms with Gasteiger partial charge in [0.2, 0.25) is 0 Å². The van der Waals surface area contributed by atoms with Crippen LogP contribution in [0.3, 0.4) is 0 Å². The molecule has 0 radical (unpaired) electrons. The van der Waals surface area contributed by atoms with Crippen molar-refractivity contribution in [3.05, 3.63) is 35.9 Å². The van der Waals surface area contributed by atoms with Gasteiger partial charge in [0.05, 0.1) is 18.3 Å². The zero-order valence-corrected chi connectivity index (χ0v) is 27.3. The molecule has 14 heteroatoms. The van der Waals surface area contributed by atoms with E-state index in [-0.39, 0.29) is 36.8 Å². The number of ether oxygens (including phenoxy) is 2. The number of rotatable bonds is 12. The van der Waals surface area contributed by atoms with Crippen LogP contribution in [0.15, 0.2) is 30.3 Å². The van der Waals surface area contributed by atoms with E-state index in [9.17, 15) is 14.4 Å². The molecule has 3 heterocycles. The van der Waals surface area contributed by atoms with Crippen LogP contribution in [0.25, 0.3) is 0 Å². The van der Waals surface area contributed by atoms with Gasteiger partial charge in [-0.1, -0.05) is 43.2 Å². The fraction of sp³-hybridized carbons (Fsp3) is 0.710. The molecular formula is C31H50B2N2O10. The van der Waals surface area contributed by atoms with Crippen molar-refractivity contribution >= 4 is 32.3 Å². The fourth-order valence-electron chi connectivity index (χ4n) is 6.16. The number of amides is 1. The lowest BCUT2D eigenvalue weighted by molar-refractivity contribution is -0.146. The zero-order valence-electron chi connectivity index (χ0n) is 27.3. The number of aliphatic carboxylic acids is 1. The molecule has 250 valence electrons. The number of methoxy groups -OCH3 is 1. The largest absolute Gasteiger partial charge is 0.480 e. The molecule has 1 aromatic carbocycles. The number of carboxylic acids is 1. The first-order valence-corrected chi connectivity index (χ1v) is 16.0. The number of benzene rings is 1. The van der Waals surface area contributed by atoms with Gasteiger partial charge in [-0.2, -0.15) is 0 Å². The Morgan fingerprint density at radius 2 is 1.67 bits per heavy atom. The SMILES string of the molecule is COC(=O)[C@H]1[C@H](CCCB2OC(C)(C)C(C)(C)O2)CCN1C(=O)OCc1ccccc1.O=C(O)[C@@H]1NCC[C@H]1CCCB(O)O. The second kappa shape index (κ2) is 16.8. The molecule has 4 N–H and O–H groups in total. The van der Waals surface area contributed by atoms with Crippen LogP contribution in [0.4, 0.5) is 4.79 Å². The Balaban J connectivity index is 0.000000330. The quantitative estimate of drug-likeness (QED) is 0.197. The van der Waals surface area contributed by atoms with Gasteiger partial charge in [0.25, 0.3) is 0 Å². The molecule has 0 bridgehead atoms. The molecule has 45 heavy (non-hydrogen) atoms. The van der Waals surface area contributed by atoms with Crippen LogP contribution in [-0.4, -0.2) is 95.8 Å². The molecule has 4 atom stereocenters. The normalized spacial score (nSPS) is 25.0. The molecule has 3 aliphatic rings. The summed E-state index contributed by atoms with van der Waals surface area (Å²) in [4.78, 5) is 37.4. The summed E-state index contributed by atoms with van der Waals surface area (Å²) in [6, 6.07) is 8.42. The Kier molecular flexibility index (Phi) is 13.7. The molecule has 12 nitrogen and oxygen atoms in total. The first-order valence-electron chi connectivity index (χ1n) is 16.0. The van der Waals surface area contributed by atoms with E-state index in [1.807, 2.05) is 58.0 Å². The molecule has 0 spiro atoms. The molecule has 0 aliphatic carbocycles. The van der Waals surface area contributed by atoms with E-state index in [1.54, 1.807) is 0 Å². The summed E-state index contributed by atoms with van der Waals surface area (Å²) >= 11 is 0. The minimum Gasteiger partial charge on any atom is -0.480 e. The first kappa shape index (κ1) is 36.8. The molecule has 4 rings (SSSR count). The average Bonchev–Trinajstić information content (AvgIpc) is 3.68. The highest BCUT2D eigenvalue weighted by atomic mass is 16.7. The Labute approximate surface area is 267 Å². The van der Waals surface area contributed by atoms with Crippen LogP contribution in [0.1, 0.15) is 71.8 Å². The maximum Gasteiger partial charge on any atom is 0.457 e. The van der Waals surface area contributed by atoms with Gasteiger partial charge in [-0.05, 0) is 90.0 Å². The second-order valence-electron chi connectivity index (χ2n) is 13.1. The predicted octanol–water partition coefficient (Wildman–Crippen LogP) is 3.36. The van der Waals surface area contributed by atoms with Gasteiger partial charge < -0.3 is 39.3 Å². The van der Waals surface area contributed by atoms with Gasteiger partial charge in [0.15, 0.2) is 0 Å². The molecule has 0 saturated carbocycles. The standard InChI is InChI=1S/C23H34BNO6.C8H16BNO4/c1-22(2)23(3,4)31-24(30-22)14-9-12-18-13-15-25(19(18)20(26)28-5)21(27)29-16-17-10-7-6-8-11-17;11-8(12)7-6(3-5-10-7)2-1-4-9(13)14/h6-8,10-11,18-19H,9,12-16H2,1-5H3;6-7,10,13-14H,1-5H2,(H,11,12)/t18-,19-;6-,7-/m11/s1. The first-order chi connectivity index (χ1) is 21.3. The van der Waals surface area contributed by atoms with E-state index in [0.717, 1.165) is 50.5 Å². The molecule has 1 aromatic rings. The Morgan fingerprint density at radius 3 is 2.27 bits per heavy atom. The third-order valence-electron chi connectivity index (χ3n) is 9.38. The van der Waals surface area contributed by atoms with Crippen molar-refractivity contribution in [2.45, 2.75) is 109 Å². The number of carbonyl (C=O) groups is 3. The highest BCUT2D eigenvalue weighted by Crippen LogP contribution is 2.39. The minimum atomic E-state index is -1.27. The molecule has 3 saturated heterocycles. The lowest BCUT2D eigenvalue weighted by atomic mass is 9.80. The number of esters is 1. The number of hydrogen-bond acceptors (Lipinski definition) is 10. The summed E-state index contributed by atoms with van der Waals surface area (Å²) < 4.78 is 22.6. The summed E-state index contributed by atoms with van der Waals surface area (Å²) in [6.07, 6.45) is 5.21. The number of carbonyl (C=O) groups excluding carboxylic acids is 2. The third kappa shape index (κ3) is 10.4. The summed E-state index contributed by atoms with van der Waals surface area (Å²) in [6.45, 7) is 9.55. The van der Waals surface area contributed by atoms with Crippen molar-refractivity contribution in [2.24, 2.45) is 11.8 Å². The van der Waals surface area contributed by atoms with Crippen LogP contribution in [0.2, 0.25) is 12.6 Å². The van der Waals surface area contributed by atoms with Gasteiger partial charge in [-0.3, -0.25) is 9.69 Å². The van der Waals surface area contributed by atoms with Crippen molar-refractivity contribution in [3.8, 4) is 0 Å². The van der Waals surface area contributed by atoms with Gasteiger partial charge in [-0.25, -0.2) is 9.59 Å². The maximum absolute atomic E-state index is 12.7. The van der Waals surface area contributed by atoms with Gasteiger partial charge in [-0.15, -0.1) is 0 Å². The lowest BCUT2D eigenvalue weighted by Crippen LogP contribution is -2.44. The maximum atomic E-state index is 12.7. The van der Waals surface area contributed by atoms with Crippen molar-refractivity contribution in [3.63, 3.8) is 0 Å². The molecule has 3 fully saturated rings. The van der Waals surface area contributed by atoms with Crippen LogP contribution in [0, 0.1) is 11.8 Å². The second-order valence-corrected chi connectivity index (χ2v) is 13.1. The van der Waals surface area contributed by atoms with E-state index in [4.69, 9.17) is 33.9 Å². The van der Waals surface area contributed by atoms with Crippen molar-refractivity contribution in [2.75, 3.05) is 20.2 Å². The van der Waals surface area contributed by atoms with E-state index >= 15 is 0 Å². The summed E-state index contributed by atoms with van der Waals surface area (Å²) in [5.41, 5.74) is 0.209. The zero-order chi connectivity index (χ0) is 33.2. The smallest absolute Gasteiger partial charge is 0.457 e. The van der Waals surface area contributed by atoms with Gasteiger partial charge >= 0.3 is 32.3 Å².